The Kier molecular flexibility index (Phi) is 8.84. The van der Waals surface area contributed by atoms with E-state index in [9.17, 15) is 33.1 Å². The zero-order valence-corrected chi connectivity index (χ0v) is 24.6. The van der Waals surface area contributed by atoms with Gasteiger partial charge in [-0.3, -0.25) is 25.0 Å². The topological polar surface area (TPSA) is 144 Å². The molecule has 6 rings (SSSR count). The minimum absolute atomic E-state index is 0.106. The maximum Gasteiger partial charge on any atom is 0.411 e. The van der Waals surface area contributed by atoms with E-state index >= 15 is 0 Å². The van der Waals surface area contributed by atoms with Crippen LogP contribution >= 0.6 is 0 Å². The smallest absolute Gasteiger partial charge is 0.411 e. The number of ether oxygens (including phenoxy) is 3. The van der Waals surface area contributed by atoms with Crippen LogP contribution in [0, 0.1) is 11.6 Å². The SMILES string of the molecule is O=C1CCC(N2Cc3ccc(COC(=O)Nc4ccc(Oc5ccc(F)c(F)c5)cc4)c(OC4CCC(O)CC4)c3C2=O)C(=O)N1. The Morgan fingerprint density at radius 1 is 0.935 bits per heavy atom. The zero-order chi connectivity index (χ0) is 32.4. The number of hydrogen-bond donors (Lipinski definition) is 3. The first-order valence-corrected chi connectivity index (χ1v) is 15.0. The van der Waals surface area contributed by atoms with Gasteiger partial charge in [-0.15, -0.1) is 0 Å². The van der Waals surface area contributed by atoms with E-state index in [1.54, 1.807) is 24.3 Å². The van der Waals surface area contributed by atoms with Crippen LogP contribution in [-0.4, -0.2) is 52.1 Å². The lowest BCUT2D eigenvalue weighted by molar-refractivity contribution is -0.136. The van der Waals surface area contributed by atoms with Crippen molar-refractivity contribution in [2.45, 2.75) is 69.9 Å². The molecule has 46 heavy (non-hydrogen) atoms. The number of aliphatic hydroxyl groups is 1. The Morgan fingerprint density at radius 3 is 2.39 bits per heavy atom. The van der Waals surface area contributed by atoms with Gasteiger partial charge in [0.15, 0.2) is 11.6 Å². The van der Waals surface area contributed by atoms with Crippen LogP contribution in [0.1, 0.15) is 60.0 Å². The van der Waals surface area contributed by atoms with Gasteiger partial charge in [0, 0.05) is 30.3 Å². The Balaban J connectivity index is 1.14. The normalized spacial score (nSPS) is 21.0. The van der Waals surface area contributed by atoms with E-state index in [0.717, 1.165) is 12.1 Å². The number of rotatable bonds is 8. The van der Waals surface area contributed by atoms with Gasteiger partial charge in [-0.1, -0.05) is 12.1 Å². The van der Waals surface area contributed by atoms with E-state index in [0.29, 0.717) is 48.2 Å². The number of fused-ring (bicyclic) bond motifs is 1. The molecule has 240 valence electrons. The molecule has 2 aliphatic heterocycles. The predicted octanol–water partition coefficient (Wildman–Crippen LogP) is 4.95. The highest BCUT2D eigenvalue weighted by atomic mass is 19.2. The summed E-state index contributed by atoms with van der Waals surface area (Å²) in [7, 11) is 0. The highest BCUT2D eigenvalue weighted by molar-refractivity contribution is 6.06. The van der Waals surface area contributed by atoms with Crippen molar-refractivity contribution in [1.82, 2.24) is 10.2 Å². The molecule has 4 amide bonds. The number of benzene rings is 3. The molecule has 0 aromatic heterocycles. The third kappa shape index (κ3) is 6.79. The summed E-state index contributed by atoms with van der Waals surface area (Å²) < 4.78 is 44.0. The number of anilines is 1. The van der Waals surface area contributed by atoms with Crippen LogP contribution in [0.2, 0.25) is 0 Å². The lowest BCUT2D eigenvalue weighted by Crippen LogP contribution is -2.52. The Labute approximate surface area is 262 Å². The summed E-state index contributed by atoms with van der Waals surface area (Å²) in [4.78, 5) is 52.1. The van der Waals surface area contributed by atoms with Crippen molar-refractivity contribution < 1.29 is 47.3 Å². The van der Waals surface area contributed by atoms with Gasteiger partial charge >= 0.3 is 6.09 Å². The molecule has 1 saturated heterocycles. The summed E-state index contributed by atoms with van der Waals surface area (Å²) in [5.74, 6) is -2.63. The molecule has 0 bridgehead atoms. The lowest BCUT2D eigenvalue weighted by Gasteiger charge is -2.30. The molecule has 13 heteroatoms. The fourth-order valence-corrected chi connectivity index (χ4v) is 5.82. The third-order valence-corrected chi connectivity index (χ3v) is 8.24. The lowest BCUT2D eigenvalue weighted by atomic mass is 9.95. The van der Waals surface area contributed by atoms with E-state index in [4.69, 9.17) is 14.2 Å². The van der Waals surface area contributed by atoms with Crippen LogP contribution in [-0.2, 0) is 27.5 Å². The van der Waals surface area contributed by atoms with E-state index < -0.39 is 41.7 Å². The molecular formula is C33H31F2N3O8. The highest BCUT2D eigenvalue weighted by Gasteiger charge is 2.41. The van der Waals surface area contributed by atoms with Gasteiger partial charge in [0.1, 0.15) is 29.9 Å². The van der Waals surface area contributed by atoms with Gasteiger partial charge in [0.05, 0.1) is 17.8 Å². The molecule has 3 aromatic rings. The summed E-state index contributed by atoms with van der Waals surface area (Å²) in [5, 5.41) is 14.9. The first-order valence-electron chi connectivity index (χ1n) is 15.0. The maximum atomic E-state index is 13.7. The summed E-state index contributed by atoms with van der Waals surface area (Å²) in [6.07, 6.45) is 1.13. The second-order valence-electron chi connectivity index (χ2n) is 11.4. The van der Waals surface area contributed by atoms with E-state index in [2.05, 4.69) is 10.6 Å². The van der Waals surface area contributed by atoms with Crippen LogP contribution in [0.3, 0.4) is 0 Å². The zero-order valence-electron chi connectivity index (χ0n) is 24.6. The van der Waals surface area contributed by atoms with Gasteiger partial charge in [0.2, 0.25) is 11.8 Å². The van der Waals surface area contributed by atoms with E-state index in [-0.39, 0.29) is 55.1 Å². The summed E-state index contributed by atoms with van der Waals surface area (Å²) in [6.45, 7) is -0.0650. The van der Waals surface area contributed by atoms with Gasteiger partial charge in [-0.05, 0) is 74.1 Å². The van der Waals surface area contributed by atoms with Crippen molar-refractivity contribution in [2.75, 3.05) is 5.32 Å². The molecular weight excluding hydrogens is 604 g/mol. The van der Waals surface area contributed by atoms with Gasteiger partial charge in [-0.2, -0.15) is 0 Å². The third-order valence-electron chi connectivity index (χ3n) is 8.24. The first kappa shape index (κ1) is 31.0. The standard InChI is InChI=1S/C33H31F2N3O8/c34-25-12-11-24(15-26(25)35)45-22-7-3-20(4-8-22)36-33(43)44-17-19-2-1-18-16-38(27-13-14-28(40)37-31(27)41)32(42)29(18)30(19)46-23-9-5-21(39)6-10-23/h1-4,7-8,11-12,15,21,23,27,39H,5-6,9-10,13-14,16-17H2,(H,36,43)(H,37,40,41). The van der Waals surface area contributed by atoms with Crippen molar-refractivity contribution in [1.29, 1.82) is 0 Å². The maximum absolute atomic E-state index is 13.7. The largest absolute Gasteiger partial charge is 0.489 e. The number of amides is 4. The monoisotopic (exact) mass is 635 g/mol. The number of carbonyl (C=O) groups is 4. The second kappa shape index (κ2) is 13.1. The van der Waals surface area contributed by atoms with Crippen LogP contribution in [0.5, 0.6) is 17.2 Å². The summed E-state index contributed by atoms with van der Waals surface area (Å²) >= 11 is 0. The van der Waals surface area contributed by atoms with Crippen molar-refractivity contribution in [3.63, 3.8) is 0 Å². The predicted molar refractivity (Wildman–Crippen MR) is 158 cm³/mol. The van der Waals surface area contributed by atoms with Gasteiger partial charge in [0.25, 0.3) is 5.91 Å². The summed E-state index contributed by atoms with van der Waals surface area (Å²) in [6, 6.07) is 12.0. The quantitative estimate of drug-likeness (QED) is 0.295. The molecule has 2 fully saturated rings. The highest BCUT2D eigenvalue weighted by Crippen LogP contribution is 2.38. The van der Waals surface area contributed by atoms with Crippen molar-refractivity contribution in [3.8, 4) is 17.2 Å². The molecule has 3 aliphatic rings. The molecule has 1 saturated carbocycles. The first-order chi connectivity index (χ1) is 22.1. The number of aliphatic hydroxyl groups excluding tert-OH is 1. The van der Waals surface area contributed by atoms with Crippen molar-refractivity contribution in [3.05, 3.63) is 82.9 Å². The molecule has 1 aliphatic carbocycles. The Morgan fingerprint density at radius 2 is 1.67 bits per heavy atom. The van der Waals surface area contributed by atoms with Crippen LogP contribution < -0.4 is 20.1 Å². The van der Waals surface area contributed by atoms with Crippen LogP contribution in [0.25, 0.3) is 0 Å². The average Bonchev–Trinajstić information content (AvgIpc) is 3.36. The molecule has 11 nitrogen and oxygen atoms in total. The molecule has 2 heterocycles. The van der Waals surface area contributed by atoms with Gasteiger partial charge < -0.3 is 24.2 Å². The summed E-state index contributed by atoms with van der Waals surface area (Å²) in [5.41, 5.74) is 1.77. The second-order valence-corrected chi connectivity index (χ2v) is 11.4. The van der Waals surface area contributed by atoms with Crippen LogP contribution in [0.15, 0.2) is 54.6 Å². The average molecular weight is 636 g/mol. The van der Waals surface area contributed by atoms with E-state index in [1.807, 2.05) is 0 Å². The molecule has 3 N–H and O–H groups in total. The minimum Gasteiger partial charge on any atom is -0.489 e. The molecule has 0 spiro atoms. The number of piperidine rings is 1. The van der Waals surface area contributed by atoms with Crippen LogP contribution in [0.4, 0.5) is 19.3 Å². The van der Waals surface area contributed by atoms with Crippen molar-refractivity contribution in [2.24, 2.45) is 0 Å². The van der Waals surface area contributed by atoms with Crippen molar-refractivity contribution >= 4 is 29.5 Å². The molecule has 3 aromatic carbocycles. The number of carbonyl (C=O) groups excluding carboxylic acids is 4. The number of halogens is 2. The molecule has 0 radical (unpaired) electrons. The number of nitrogens with zero attached hydrogens (tertiary/aromatic N) is 1. The van der Waals surface area contributed by atoms with Gasteiger partial charge in [-0.25, -0.2) is 13.6 Å². The number of nitrogens with one attached hydrogen (secondary N) is 2. The Bertz CT molecular complexity index is 1670. The number of hydrogen-bond acceptors (Lipinski definition) is 8. The molecule has 1 atom stereocenters. The minimum atomic E-state index is -1.04. The van der Waals surface area contributed by atoms with E-state index in [1.165, 1.54) is 23.1 Å². The fraction of sp³-hybridized carbons (Fsp3) is 0.333. The fourth-order valence-electron chi connectivity index (χ4n) is 5.82. The molecule has 1 unspecified atom stereocenters. The Hall–Kier alpha value is -5.04. The number of imide groups is 1.